The molecule has 29 heavy (non-hydrogen) atoms. The van der Waals surface area contributed by atoms with Crippen molar-refractivity contribution in [3.63, 3.8) is 0 Å². The van der Waals surface area contributed by atoms with Crippen molar-refractivity contribution in [3.8, 4) is 0 Å². The molecule has 1 aromatic carbocycles. The Bertz CT molecular complexity index is 846. The van der Waals surface area contributed by atoms with Gasteiger partial charge in [0.2, 0.25) is 5.91 Å². The van der Waals surface area contributed by atoms with Crippen LogP contribution in [0.4, 0.5) is 5.69 Å². The molecule has 0 saturated carbocycles. The Morgan fingerprint density at radius 1 is 1.10 bits per heavy atom. The summed E-state index contributed by atoms with van der Waals surface area (Å²) < 4.78 is 9.94. The molecule has 0 aliphatic carbocycles. The quantitative estimate of drug-likeness (QED) is 0.549. The van der Waals surface area contributed by atoms with Crippen molar-refractivity contribution in [1.82, 2.24) is 10.6 Å². The Labute approximate surface area is 167 Å². The van der Waals surface area contributed by atoms with Crippen molar-refractivity contribution in [2.24, 2.45) is 0 Å². The molecule has 0 aliphatic rings. The van der Waals surface area contributed by atoms with Gasteiger partial charge in [0.25, 0.3) is 11.8 Å². The summed E-state index contributed by atoms with van der Waals surface area (Å²) in [5, 5.41) is 7.73. The molecule has 3 amide bonds. The van der Waals surface area contributed by atoms with Crippen LogP contribution in [0.25, 0.3) is 0 Å². The van der Waals surface area contributed by atoms with Gasteiger partial charge in [-0.1, -0.05) is 6.92 Å². The van der Waals surface area contributed by atoms with Gasteiger partial charge < -0.3 is 25.1 Å². The van der Waals surface area contributed by atoms with E-state index in [0.29, 0.717) is 12.2 Å². The van der Waals surface area contributed by atoms with Crippen LogP contribution in [-0.4, -0.2) is 42.9 Å². The van der Waals surface area contributed by atoms with Crippen LogP contribution in [0.3, 0.4) is 0 Å². The molecule has 2 rings (SSSR count). The van der Waals surface area contributed by atoms with Crippen molar-refractivity contribution in [2.45, 2.75) is 26.3 Å². The first kappa shape index (κ1) is 21.7. The second-order valence-electron chi connectivity index (χ2n) is 6.17. The van der Waals surface area contributed by atoms with Crippen molar-refractivity contribution < 1.29 is 28.3 Å². The lowest BCUT2D eigenvalue weighted by Gasteiger charge is -2.13. The first-order valence-corrected chi connectivity index (χ1v) is 9.09. The van der Waals surface area contributed by atoms with E-state index in [2.05, 4.69) is 16.0 Å². The molecule has 0 saturated heterocycles. The number of esters is 1. The number of benzene rings is 1. The molecule has 3 N–H and O–H groups in total. The minimum Gasteiger partial charge on any atom is -0.459 e. The summed E-state index contributed by atoms with van der Waals surface area (Å²) in [6, 6.07) is 8.36. The van der Waals surface area contributed by atoms with E-state index in [9.17, 15) is 19.2 Å². The number of anilines is 1. The molecule has 0 spiro atoms. The summed E-state index contributed by atoms with van der Waals surface area (Å²) in [7, 11) is 0. The van der Waals surface area contributed by atoms with E-state index in [-0.39, 0.29) is 17.2 Å². The van der Waals surface area contributed by atoms with Crippen LogP contribution < -0.4 is 16.0 Å². The second kappa shape index (κ2) is 10.6. The van der Waals surface area contributed by atoms with Crippen LogP contribution in [0.15, 0.2) is 47.1 Å². The fraction of sp³-hybridized carbons (Fsp3) is 0.300. The van der Waals surface area contributed by atoms with Crippen molar-refractivity contribution in [3.05, 3.63) is 54.0 Å². The highest BCUT2D eigenvalue weighted by atomic mass is 16.5. The van der Waals surface area contributed by atoms with Gasteiger partial charge in [0.15, 0.2) is 12.4 Å². The molecule has 0 aliphatic heterocycles. The predicted octanol–water partition coefficient (Wildman–Crippen LogP) is 1.72. The summed E-state index contributed by atoms with van der Waals surface area (Å²) in [6.07, 6.45) is 2.18. The average molecular weight is 401 g/mol. The summed E-state index contributed by atoms with van der Waals surface area (Å²) >= 11 is 0. The van der Waals surface area contributed by atoms with Gasteiger partial charge in [-0.05, 0) is 49.7 Å². The number of hydrogen-bond donors (Lipinski definition) is 3. The van der Waals surface area contributed by atoms with Gasteiger partial charge >= 0.3 is 5.97 Å². The normalized spacial score (nSPS) is 11.2. The molecule has 0 bridgehead atoms. The van der Waals surface area contributed by atoms with E-state index in [0.717, 1.165) is 6.42 Å². The van der Waals surface area contributed by atoms with Crippen LogP contribution >= 0.6 is 0 Å². The molecule has 1 aromatic heterocycles. The minimum atomic E-state index is -0.732. The Kier molecular flexibility index (Phi) is 7.96. The average Bonchev–Trinajstić information content (AvgIpc) is 3.25. The number of rotatable bonds is 9. The molecule has 0 unspecified atom stereocenters. The van der Waals surface area contributed by atoms with Gasteiger partial charge in [-0.25, -0.2) is 4.79 Å². The third-order valence-electron chi connectivity index (χ3n) is 3.78. The zero-order valence-electron chi connectivity index (χ0n) is 16.2. The molecule has 9 nitrogen and oxygen atoms in total. The Morgan fingerprint density at radius 2 is 1.83 bits per heavy atom. The SMILES string of the molecule is CCCNC(=O)[C@@H](C)NC(=O)COC(=O)c1ccc(NC(=O)c2ccco2)cc1. The molecule has 1 heterocycles. The molecule has 2 aromatic rings. The van der Waals surface area contributed by atoms with Gasteiger partial charge in [-0.2, -0.15) is 0 Å². The summed E-state index contributed by atoms with van der Waals surface area (Å²) in [5.74, 6) is -1.85. The molecular formula is C20H23N3O6. The maximum atomic E-state index is 12.0. The molecular weight excluding hydrogens is 378 g/mol. The monoisotopic (exact) mass is 401 g/mol. The highest BCUT2D eigenvalue weighted by Gasteiger charge is 2.17. The largest absolute Gasteiger partial charge is 0.459 e. The van der Waals surface area contributed by atoms with Crippen molar-refractivity contribution in [2.75, 3.05) is 18.5 Å². The Morgan fingerprint density at radius 3 is 2.45 bits per heavy atom. The van der Waals surface area contributed by atoms with Crippen LogP contribution in [0.2, 0.25) is 0 Å². The number of carbonyl (C=O) groups is 4. The van der Waals surface area contributed by atoms with Crippen molar-refractivity contribution >= 4 is 29.4 Å². The Hall–Kier alpha value is -3.62. The number of furan rings is 1. The number of amides is 3. The van der Waals surface area contributed by atoms with Crippen LogP contribution in [-0.2, 0) is 14.3 Å². The first-order valence-electron chi connectivity index (χ1n) is 9.09. The number of hydrogen-bond acceptors (Lipinski definition) is 6. The van der Waals surface area contributed by atoms with E-state index in [1.807, 2.05) is 6.92 Å². The molecule has 154 valence electrons. The smallest absolute Gasteiger partial charge is 0.338 e. The van der Waals surface area contributed by atoms with E-state index in [4.69, 9.17) is 9.15 Å². The van der Waals surface area contributed by atoms with E-state index < -0.39 is 30.4 Å². The third kappa shape index (κ3) is 6.80. The minimum absolute atomic E-state index is 0.164. The van der Waals surface area contributed by atoms with E-state index >= 15 is 0 Å². The van der Waals surface area contributed by atoms with Gasteiger partial charge in [0, 0.05) is 12.2 Å². The molecule has 1 atom stereocenters. The summed E-state index contributed by atoms with van der Waals surface area (Å²) in [6.45, 7) is 3.47. The molecule has 0 fully saturated rings. The van der Waals surface area contributed by atoms with Gasteiger partial charge in [0.1, 0.15) is 6.04 Å². The number of ether oxygens (including phenoxy) is 1. The number of carbonyl (C=O) groups excluding carboxylic acids is 4. The summed E-state index contributed by atoms with van der Waals surface area (Å²) in [4.78, 5) is 47.5. The van der Waals surface area contributed by atoms with Crippen LogP contribution in [0.5, 0.6) is 0 Å². The zero-order chi connectivity index (χ0) is 21.2. The number of nitrogens with one attached hydrogen (secondary N) is 3. The highest BCUT2D eigenvalue weighted by molar-refractivity contribution is 6.02. The fourth-order valence-electron chi connectivity index (χ4n) is 2.25. The maximum absolute atomic E-state index is 12.0. The van der Waals surface area contributed by atoms with Crippen LogP contribution in [0.1, 0.15) is 41.2 Å². The standard InChI is InChI=1S/C20H23N3O6/c1-3-10-21-18(25)13(2)22-17(24)12-29-20(27)14-6-8-15(9-7-14)23-19(26)16-5-4-11-28-16/h4-9,11,13H,3,10,12H2,1-2H3,(H,21,25)(H,22,24)(H,23,26)/t13-/m1/s1. The highest BCUT2D eigenvalue weighted by Crippen LogP contribution is 2.12. The van der Waals surface area contributed by atoms with Gasteiger partial charge in [-0.3, -0.25) is 14.4 Å². The second-order valence-corrected chi connectivity index (χ2v) is 6.17. The lowest BCUT2D eigenvalue weighted by molar-refractivity contribution is -0.130. The summed E-state index contributed by atoms with van der Waals surface area (Å²) in [5.41, 5.74) is 0.676. The maximum Gasteiger partial charge on any atom is 0.338 e. The lowest BCUT2D eigenvalue weighted by Crippen LogP contribution is -2.46. The van der Waals surface area contributed by atoms with E-state index in [1.54, 1.807) is 13.0 Å². The van der Waals surface area contributed by atoms with Gasteiger partial charge in [0.05, 0.1) is 11.8 Å². The van der Waals surface area contributed by atoms with E-state index in [1.165, 1.54) is 36.6 Å². The predicted molar refractivity (Wildman–Crippen MR) is 104 cm³/mol. The zero-order valence-corrected chi connectivity index (χ0v) is 16.2. The Balaban J connectivity index is 1.79. The van der Waals surface area contributed by atoms with Crippen LogP contribution in [0, 0.1) is 0 Å². The van der Waals surface area contributed by atoms with Gasteiger partial charge in [-0.15, -0.1) is 0 Å². The fourth-order valence-corrected chi connectivity index (χ4v) is 2.25. The molecule has 0 radical (unpaired) electrons. The first-order chi connectivity index (χ1) is 13.9. The van der Waals surface area contributed by atoms with Crippen molar-refractivity contribution in [1.29, 1.82) is 0 Å². The lowest BCUT2D eigenvalue weighted by atomic mass is 10.2. The molecule has 9 heteroatoms. The topological polar surface area (TPSA) is 127 Å². The third-order valence-corrected chi connectivity index (χ3v) is 3.78.